The molecule has 0 bridgehead atoms. The number of hydrogen-bond donors (Lipinski definition) is 12. The molecule has 1 aromatic carbocycles. The Bertz CT molecular complexity index is 3020. The molecular formula is C83H135N7O24. The van der Waals surface area contributed by atoms with Crippen LogP contribution in [0.2, 0.25) is 0 Å². The zero-order valence-electron chi connectivity index (χ0n) is 67.6. The molecule has 0 heterocycles. The Morgan fingerprint density at radius 1 is 0.412 bits per heavy atom. The summed E-state index contributed by atoms with van der Waals surface area (Å²) < 4.78 is 21.8. The van der Waals surface area contributed by atoms with Gasteiger partial charge in [0.2, 0.25) is 29.5 Å². The van der Waals surface area contributed by atoms with E-state index in [1.807, 2.05) is 12.1 Å². The number of unbranched alkanes of at least 4 members (excludes halogenated alkanes) is 19. The van der Waals surface area contributed by atoms with Crippen molar-refractivity contribution in [2.24, 2.45) is 29.4 Å². The van der Waals surface area contributed by atoms with Crippen LogP contribution in [0.25, 0.3) is 0 Å². The molecule has 0 spiro atoms. The lowest BCUT2D eigenvalue weighted by atomic mass is 9.78. The van der Waals surface area contributed by atoms with Crippen molar-refractivity contribution >= 4 is 94.1 Å². The molecule has 2 rings (SSSR count). The summed E-state index contributed by atoms with van der Waals surface area (Å²) >= 11 is 0. The Labute approximate surface area is 672 Å². The van der Waals surface area contributed by atoms with Crippen molar-refractivity contribution in [1.82, 2.24) is 26.6 Å². The lowest BCUT2D eigenvalue weighted by Gasteiger charge is -2.28. The molecule has 1 saturated carbocycles. The summed E-state index contributed by atoms with van der Waals surface area (Å²) in [5, 5.41) is 64.0. The van der Waals surface area contributed by atoms with E-state index in [1.54, 1.807) is 12.1 Å². The first-order valence-electron chi connectivity index (χ1n) is 41.9. The van der Waals surface area contributed by atoms with Gasteiger partial charge in [0.15, 0.2) is 17.3 Å². The van der Waals surface area contributed by atoms with Gasteiger partial charge < -0.3 is 82.1 Å². The van der Waals surface area contributed by atoms with Gasteiger partial charge in [-0.2, -0.15) is 0 Å². The molecule has 1 aliphatic rings. The second kappa shape index (κ2) is 64.9. The number of hydrogen-bond acceptors (Lipinski definition) is 20. The van der Waals surface area contributed by atoms with Crippen LogP contribution in [0.1, 0.15) is 293 Å². The van der Waals surface area contributed by atoms with E-state index >= 15 is 0 Å². The highest BCUT2D eigenvalue weighted by molar-refractivity contribution is 5.96. The smallest absolute Gasteiger partial charge is 0.306 e. The zero-order valence-corrected chi connectivity index (χ0v) is 67.6. The summed E-state index contributed by atoms with van der Waals surface area (Å²) in [4.78, 5) is 188. The van der Waals surface area contributed by atoms with E-state index < -0.39 is 146 Å². The van der Waals surface area contributed by atoms with Crippen LogP contribution in [0, 0.1) is 23.7 Å². The van der Waals surface area contributed by atoms with E-state index in [4.69, 9.17) is 29.8 Å². The van der Waals surface area contributed by atoms with Gasteiger partial charge in [-0.25, -0.2) is 0 Å². The van der Waals surface area contributed by atoms with Crippen molar-refractivity contribution in [3.05, 3.63) is 29.8 Å². The molecule has 1 fully saturated rings. The molecule has 0 unspecified atom stereocenters. The summed E-state index contributed by atoms with van der Waals surface area (Å²) in [5.41, 5.74) is 6.97. The number of carbonyl (C=O) groups is 15. The van der Waals surface area contributed by atoms with E-state index in [9.17, 15) is 92.3 Å². The molecule has 0 saturated heterocycles. The number of nitrogens with two attached hydrogens (primary N) is 1. The molecule has 0 aliphatic heterocycles. The SMILES string of the molecule is CCCCNc1ccc(C(=O)NCCCC[C@H](NC(=O)COCCOCCCC(=O)COCCOCCCC(=O)[C@H](CCC(=O)O)NC(=O)[C@H](CCC(=O)O)CC(=O)[C@H](CCC(=O)O)NC(=O)CC[C@H](CC(=O)C2CCC(CNC(=O)CCCCCCCCCCCCCCCCCCCCC(=O)O)CC2)C(=O)O)C(N)=O)cc1. The van der Waals surface area contributed by atoms with E-state index in [2.05, 4.69) is 38.8 Å². The van der Waals surface area contributed by atoms with Crippen LogP contribution in [-0.4, -0.2) is 205 Å². The van der Waals surface area contributed by atoms with Gasteiger partial charge in [-0.15, -0.1) is 0 Å². The summed E-state index contributed by atoms with van der Waals surface area (Å²) in [6, 6.07) is 3.35. The summed E-state index contributed by atoms with van der Waals surface area (Å²) in [6.45, 7) is 3.77. The van der Waals surface area contributed by atoms with Gasteiger partial charge in [-0.3, -0.25) is 71.9 Å². The van der Waals surface area contributed by atoms with Crippen molar-refractivity contribution in [3.63, 3.8) is 0 Å². The highest BCUT2D eigenvalue weighted by Gasteiger charge is 2.34. The fourth-order valence-corrected chi connectivity index (χ4v) is 13.4. The van der Waals surface area contributed by atoms with Gasteiger partial charge in [-0.1, -0.05) is 116 Å². The second-order valence-electron chi connectivity index (χ2n) is 30.0. The van der Waals surface area contributed by atoms with Gasteiger partial charge in [0, 0.05) is 120 Å². The largest absolute Gasteiger partial charge is 0.481 e. The molecule has 1 aromatic rings. The van der Waals surface area contributed by atoms with Crippen molar-refractivity contribution in [2.45, 2.75) is 301 Å². The first-order chi connectivity index (χ1) is 54.8. The maximum Gasteiger partial charge on any atom is 0.306 e. The Hall–Kier alpha value is -8.29. The maximum atomic E-state index is 13.9. The molecule has 6 amide bonds. The summed E-state index contributed by atoms with van der Waals surface area (Å²) in [7, 11) is 0. The van der Waals surface area contributed by atoms with Gasteiger partial charge in [0.25, 0.3) is 5.91 Å². The number of carboxylic acids is 5. The van der Waals surface area contributed by atoms with Crippen LogP contribution in [0.5, 0.6) is 0 Å². The molecule has 5 atom stereocenters. The number of anilines is 1. The zero-order chi connectivity index (χ0) is 83.9. The second-order valence-corrected chi connectivity index (χ2v) is 30.0. The lowest BCUT2D eigenvalue weighted by Crippen LogP contribution is -2.46. The van der Waals surface area contributed by atoms with Crippen LogP contribution < -0.4 is 37.6 Å². The first kappa shape index (κ1) is 102. The third-order valence-electron chi connectivity index (χ3n) is 20.3. The average molecular weight is 1620 g/mol. The number of carbonyl (C=O) groups excluding carboxylic acids is 10. The van der Waals surface area contributed by atoms with Crippen LogP contribution in [-0.2, 0) is 86.1 Å². The number of carboxylic acid groups (broad SMARTS) is 5. The minimum Gasteiger partial charge on any atom is -0.481 e. The van der Waals surface area contributed by atoms with Crippen molar-refractivity contribution in [3.8, 4) is 0 Å². The van der Waals surface area contributed by atoms with Crippen LogP contribution in [0.15, 0.2) is 24.3 Å². The van der Waals surface area contributed by atoms with Gasteiger partial charge in [-0.05, 0) is 133 Å². The highest BCUT2D eigenvalue weighted by Crippen LogP contribution is 2.32. The fourth-order valence-electron chi connectivity index (χ4n) is 13.4. The minimum absolute atomic E-state index is 0.00187. The normalized spacial score (nSPS) is 14.6. The monoisotopic (exact) mass is 1610 g/mol. The maximum absolute atomic E-state index is 13.9. The summed E-state index contributed by atoms with van der Waals surface area (Å²) in [6.07, 6.45) is 22.7. The van der Waals surface area contributed by atoms with E-state index in [0.717, 1.165) is 70.0 Å². The highest BCUT2D eigenvalue weighted by atomic mass is 16.5. The predicted octanol–water partition coefficient (Wildman–Crippen LogP) is 9.92. The van der Waals surface area contributed by atoms with E-state index in [0.29, 0.717) is 70.0 Å². The van der Waals surface area contributed by atoms with Crippen molar-refractivity contribution < 1.29 is 116 Å². The molecule has 114 heavy (non-hydrogen) atoms. The Kier molecular flexibility index (Phi) is 58.0. The molecule has 13 N–H and O–H groups in total. The number of aliphatic carboxylic acids is 5. The Morgan fingerprint density at radius 2 is 0.904 bits per heavy atom. The molecule has 0 aromatic heterocycles. The van der Waals surface area contributed by atoms with Crippen LogP contribution in [0.3, 0.4) is 0 Å². The third kappa shape index (κ3) is 53.7. The minimum atomic E-state index is -1.53. The number of amides is 6. The number of ketones is 4. The number of primary amides is 1. The number of Topliss-reactive ketones (excluding diaryl/α,β-unsaturated/α-hetero) is 4. The number of ether oxygens (including phenoxy) is 4. The predicted molar refractivity (Wildman–Crippen MR) is 425 cm³/mol. The summed E-state index contributed by atoms with van der Waals surface area (Å²) in [5.74, 6) is -14.2. The van der Waals surface area contributed by atoms with Gasteiger partial charge >= 0.3 is 29.8 Å². The quantitative estimate of drug-likeness (QED) is 0.0270. The first-order valence-corrected chi connectivity index (χ1v) is 41.9. The molecule has 31 nitrogen and oxygen atoms in total. The molecule has 31 heteroatoms. The van der Waals surface area contributed by atoms with E-state index in [-0.39, 0.29) is 134 Å². The average Bonchev–Trinajstić information content (AvgIpc) is 0.872. The Morgan fingerprint density at radius 3 is 1.44 bits per heavy atom. The van der Waals surface area contributed by atoms with Crippen LogP contribution in [0.4, 0.5) is 5.69 Å². The third-order valence-corrected chi connectivity index (χ3v) is 20.3. The van der Waals surface area contributed by atoms with E-state index in [1.165, 1.54) is 70.6 Å². The fraction of sp³-hybridized carbons (Fsp3) is 0.747. The molecule has 1 aliphatic carbocycles. The van der Waals surface area contributed by atoms with Crippen molar-refractivity contribution in [2.75, 3.05) is 77.8 Å². The molecule has 646 valence electrons. The number of rotatable bonds is 76. The lowest BCUT2D eigenvalue weighted by molar-refractivity contribution is -0.145. The molecule has 0 radical (unpaired) electrons. The van der Waals surface area contributed by atoms with Gasteiger partial charge in [0.05, 0.1) is 44.4 Å². The van der Waals surface area contributed by atoms with Crippen LogP contribution >= 0.6 is 0 Å². The topological polar surface area (TPSA) is 492 Å². The number of benzene rings is 1. The molecular weight excluding hydrogens is 1480 g/mol. The standard InChI is InChI=1S/C83H135N7O24/c1-2-3-47-85-65-39-35-62(36-40-65)81(107)86-48-23-22-27-69(80(84)106)89-75(97)59-114-54-52-111-49-24-26-66(91)58-113-53-51-112-50-25-28-70(92)67(41-45-78(102)103)90-82(108)63(38-44-77(100)101)55-72(94)68(42-46-79(104)105)88-74(96)43-37-64(83(109)110)56-71(93)61-33-31-60(32-34-61)57-87-73(95)29-20-18-16-14-12-10-8-6-4-5-7-9-11-13-15-17-19-21-30-76(98)99/h35-36,39-40,60-61,63-64,67-69,85H,2-34,37-38,41-59H2,1H3,(H2,84,106)(H,86,107)(H,87,95)(H,88,96)(H,89,97)(H,90,108)(H,98,99)(H,100,101)(H,102,103)(H,104,105)(H,109,110)/t60?,61?,63-,64-,67+,68+,69+/m1/s1. The van der Waals surface area contributed by atoms with Gasteiger partial charge in [0.1, 0.15) is 25.0 Å². The Balaban J connectivity index is 1.69. The van der Waals surface area contributed by atoms with Crippen molar-refractivity contribution in [1.29, 1.82) is 0 Å². The number of nitrogens with one attached hydrogen (secondary N) is 6.